The number of anilines is 2. The van der Waals surface area contributed by atoms with Crippen LogP contribution in [0.4, 0.5) is 16.2 Å². The predicted octanol–water partition coefficient (Wildman–Crippen LogP) is 2.33. The molecule has 3 aromatic rings. The summed E-state index contributed by atoms with van der Waals surface area (Å²) in [5.41, 5.74) is 1.68. The van der Waals surface area contributed by atoms with Crippen LogP contribution < -0.4 is 20.9 Å². The zero-order valence-corrected chi connectivity index (χ0v) is 14.8. The van der Waals surface area contributed by atoms with Gasteiger partial charge in [0.05, 0.1) is 18.5 Å². The molecule has 0 spiro atoms. The number of benzene rings is 1. The summed E-state index contributed by atoms with van der Waals surface area (Å²) in [6.07, 6.45) is 2.69. The summed E-state index contributed by atoms with van der Waals surface area (Å²) in [5.74, 6) is 0.795. The normalized spacial score (nSPS) is 10.7. The molecule has 0 aliphatic heterocycles. The number of nitrogens with zero attached hydrogens (tertiary/aromatic N) is 3. The molecule has 3 N–H and O–H groups in total. The number of hydrogen-bond acceptors (Lipinski definition) is 5. The van der Waals surface area contributed by atoms with Crippen molar-refractivity contribution in [2.45, 2.75) is 26.7 Å². The molecule has 9 heteroatoms. The average Bonchev–Trinajstić information content (AvgIpc) is 3.07. The second-order valence-electron chi connectivity index (χ2n) is 5.79. The molecular formula is C17H20N6O3. The van der Waals surface area contributed by atoms with E-state index in [9.17, 15) is 9.59 Å². The van der Waals surface area contributed by atoms with E-state index < -0.39 is 11.6 Å². The Morgan fingerprint density at radius 3 is 2.88 bits per heavy atom. The summed E-state index contributed by atoms with van der Waals surface area (Å²) < 4.78 is 6.43. The fourth-order valence-electron chi connectivity index (χ4n) is 2.63. The predicted molar refractivity (Wildman–Crippen MR) is 98.0 cm³/mol. The average molecular weight is 356 g/mol. The van der Waals surface area contributed by atoms with Crippen LogP contribution in [0.15, 0.2) is 29.3 Å². The van der Waals surface area contributed by atoms with Crippen molar-refractivity contribution in [1.29, 1.82) is 0 Å². The molecule has 0 atom stereocenters. The molecule has 2 amide bonds. The van der Waals surface area contributed by atoms with Gasteiger partial charge >= 0.3 is 6.03 Å². The molecule has 136 valence electrons. The second-order valence-corrected chi connectivity index (χ2v) is 5.79. The topological polar surface area (TPSA) is 113 Å². The molecule has 1 aromatic carbocycles. The van der Waals surface area contributed by atoms with Crippen molar-refractivity contribution in [1.82, 2.24) is 19.6 Å². The number of carbonyl (C=O) groups excluding carboxylic acids is 1. The highest BCUT2D eigenvalue weighted by Gasteiger charge is 2.17. The van der Waals surface area contributed by atoms with E-state index in [4.69, 9.17) is 4.74 Å². The molecule has 2 aromatic heterocycles. The van der Waals surface area contributed by atoms with Crippen LogP contribution in [0.25, 0.3) is 5.78 Å². The van der Waals surface area contributed by atoms with Gasteiger partial charge < -0.3 is 15.4 Å². The Kier molecular flexibility index (Phi) is 4.87. The van der Waals surface area contributed by atoms with Gasteiger partial charge in [-0.15, -0.1) is 0 Å². The van der Waals surface area contributed by atoms with Crippen molar-refractivity contribution in [3.63, 3.8) is 0 Å². The third-order valence-corrected chi connectivity index (χ3v) is 3.84. The van der Waals surface area contributed by atoms with Gasteiger partial charge in [-0.3, -0.25) is 9.89 Å². The first-order valence-corrected chi connectivity index (χ1v) is 8.21. The largest absolute Gasteiger partial charge is 0.495 e. The Bertz CT molecular complexity index is 1010. The molecule has 9 nitrogen and oxygen atoms in total. The van der Waals surface area contributed by atoms with Crippen LogP contribution in [0.5, 0.6) is 5.75 Å². The van der Waals surface area contributed by atoms with Crippen molar-refractivity contribution in [2.24, 2.45) is 0 Å². The summed E-state index contributed by atoms with van der Waals surface area (Å²) in [5, 5.41) is 8.01. The van der Waals surface area contributed by atoms with Gasteiger partial charge in [-0.05, 0) is 31.0 Å². The molecule has 0 aliphatic rings. The number of carbonyl (C=O) groups is 1. The minimum atomic E-state index is -0.551. The third-order valence-electron chi connectivity index (χ3n) is 3.84. The van der Waals surface area contributed by atoms with Crippen LogP contribution in [-0.4, -0.2) is 32.7 Å². The number of methoxy groups -OCH3 is 1. The molecule has 26 heavy (non-hydrogen) atoms. The Labute approximate surface area is 149 Å². The molecule has 0 saturated heterocycles. The minimum Gasteiger partial charge on any atom is -0.495 e. The van der Waals surface area contributed by atoms with Crippen LogP contribution in [0, 0.1) is 6.92 Å². The maximum Gasteiger partial charge on any atom is 0.323 e. The van der Waals surface area contributed by atoms with E-state index in [1.807, 2.05) is 19.9 Å². The summed E-state index contributed by atoms with van der Waals surface area (Å²) in [6.45, 7) is 3.87. The lowest BCUT2D eigenvalue weighted by Crippen LogP contribution is -2.28. The second kappa shape index (κ2) is 7.26. The van der Waals surface area contributed by atoms with E-state index in [1.54, 1.807) is 12.1 Å². The lowest BCUT2D eigenvalue weighted by atomic mass is 10.2. The SMILES string of the molecule is CCCc1nc2nc[nH]n2c(=O)c1NC(=O)Nc1cc(C)ccc1OC. The number of fused-ring (bicyclic) bond motifs is 1. The van der Waals surface area contributed by atoms with Crippen molar-refractivity contribution in [3.8, 4) is 5.75 Å². The number of hydrogen-bond donors (Lipinski definition) is 3. The van der Waals surface area contributed by atoms with E-state index in [1.165, 1.54) is 18.0 Å². The first kappa shape index (κ1) is 17.5. The third kappa shape index (κ3) is 3.37. The molecule has 0 saturated carbocycles. The van der Waals surface area contributed by atoms with Gasteiger partial charge in [0.1, 0.15) is 17.8 Å². The van der Waals surface area contributed by atoms with E-state index in [2.05, 4.69) is 25.7 Å². The van der Waals surface area contributed by atoms with E-state index >= 15 is 0 Å². The number of aromatic nitrogens is 4. The van der Waals surface area contributed by atoms with Gasteiger partial charge in [-0.1, -0.05) is 19.4 Å². The van der Waals surface area contributed by atoms with E-state index in [0.29, 0.717) is 23.6 Å². The zero-order chi connectivity index (χ0) is 18.7. The molecule has 3 rings (SSSR count). The van der Waals surface area contributed by atoms with Gasteiger partial charge in [0.25, 0.3) is 11.3 Å². The minimum absolute atomic E-state index is 0.123. The number of aromatic amines is 1. The Balaban J connectivity index is 1.92. The maximum absolute atomic E-state index is 12.6. The zero-order valence-electron chi connectivity index (χ0n) is 14.8. The Morgan fingerprint density at radius 2 is 2.15 bits per heavy atom. The molecular weight excluding hydrogens is 336 g/mol. The smallest absolute Gasteiger partial charge is 0.323 e. The maximum atomic E-state index is 12.6. The summed E-state index contributed by atoms with van der Waals surface area (Å²) in [6, 6.07) is 4.88. The molecule has 0 radical (unpaired) electrons. The lowest BCUT2D eigenvalue weighted by molar-refractivity contribution is 0.262. The van der Waals surface area contributed by atoms with Gasteiger partial charge in [0.15, 0.2) is 0 Å². The van der Waals surface area contributed by atoms with Gasteiger partial charge in [-0.25, -0.2) is 14.8 Å². The first-order valence-electron chi connectivity index (χ1n) is 8.21. The van der Waals surface area contributed by atoms with Gasteiger partial charge in [-0.2, -0.15) is 4.52 Å². The van der Waals surface area contributed by atoms with Crippen LogP contribution in [0.1, 0.15) is 24.6 Å². The van der Waals surface area contributed by atoms with Crippen LogP contribution >= 0.6 is 0 Å². The molecule has 0 unspecified atom stereocenters. The summed E-state index contributed by atoms with van der Waals surface area (Å²) >= 11 is 0. The molecule has 0 aliphatic carbocycles. The quantitative estimate of drug-likeness (QED) is 0.649. The highest BCUT2D eigenvalue weighted by molar-refractivity contribution is 6.01. The van der Waals surface area contributed by atoms with Crippen LogP contribution in [-0.2, 0) is 6.42 Å². The van der Waals surface area contributed by atoms with Crippen molar-refractivity contribution in [2.75, 3.05) is 17.7 Å². The number of urea groups is 1. The standard InChI is InChI=1S/C17H20N6O3/c1-4-5-11-14(15(24)23-16(20-11)18-9-19-23)22-17(25)21-12-8-10(2)6-7-13(12)26-3/h6-9H,4-5H2,1-3H3,(H,18,19,20)(H2,21,22,25). The number of H-pyrrole nitrogens is 1. The van der Waals surface area contributed by atoms with Crippen molar-refractivity contribution < 1.29 is 9.53 Å². The number of ether oxygens (including phenoxy) is 1. The number of amides is 2. The molecule has 2 heterocycles. The fraction of sp³-hybridized carbons (Fsp3) is 0.294. The van der Waals surface area contributed by atoms with Crippen molar-refractivity contribution >= 4 is 23.2 Å². The van der Waals surface area contributed by atoms with E-state index in [0.717, 1.165) is 12.0 Å². The number of rotatable bonds is 5. The number of nitrogens with one attached hydrogen (secondary N) is 3. The summed E-state index contributed by atoms with van der Waals surface area (Å²) in [7, 11) is 1.52. The summed E-state index contributed by atoms with van der Waals surface area (Å²) in [4.78, 5) is 33.4. The molecule has 0 fully saturated rings. The fourth-order valence-corrected chi connectivity index (χ4v) is 2.63. The van der Waals surface area contributed by atoms with Gasteiger partial charge in [0.2, 0.25) is 0 Å². The number of aryl methyl sites for hydroxylation is 2. The lowest BCUT2D eigenvalue weighted by Gasteiger charge is -2.13. The Hall–Kier alpha value is -3.36. The highest BCUT2D eigenvalue weighted by atomic mass is 16.5. The van der Waals surface area contributed by atoms with Crippen molar-refractivity contribution in [3.05, 3.63) is 46.1 Å². The molecule has 0 bridgehead atoms. The monoisotopic (exact) mass is 356 g/mol. The van der Waals surface area contributed by atoms with Gasteiger partial charge in [0, 0.05) is 0 Å². The van der Waals surface area contributed by atoms with Crippen LogP contribution in [0.2, 0.25) is 0 Å². The van der Waals surface area contributed by atoms with Crippen LogP contribution in [0.3, 0.4) is 0 Å². The van der Waals surface area contributed by atoms with E-state index in [-0.39, 0.29) is 11.5 Å². The Morgan fingerprint density at radius 1 is 1.35 bits per heavy atom. The first-order chi connectivity index (χ1) is 12.5. The highest BCUT2D eigenvalue weighted by Crippen LogP contribution is 2.25.